The largest absolute Gasteiger partial charge is 0.477 e. The van der Waals surface area contributed by atoms with Gasteiger partial charge < -0.3 is 28.5 Å². The molecule has 9 heteroatoms. The minimum Gasteiger partial charge on any atom is -0.477 e. The number of aliphatic carboxylic acids is 1. The number of allylic oxidation sites excluding steroid dienone is 26. The van der Waals surface area contributed by atoms with Gasteiger partial charge in [0.25, 0.3) is 6.29 Å². The number of carboxylic acids is 1. The Kier molecular flexibility index (Phi) is 68.8. The van der Waals surface area contributed by atoms with E-state index in [1.54, 1.807) is 0 Å². The minimum atomic E-state index is -1.52. The first-order chi connectivity index (χ1) is 45.6. The number of hydrogen-bond donors (Lipinski definition) is 1. The molecule has 1 N–H and O–H groups in total. The summed E-state index contributed by atoms with van der Waals surface area (Å²) in [5, 5.41) is 9.77. The molecule has 0 aromatic carbocycles. The third-order valence-electron chi connectivity index (χ3n) is 15.8. The molecule has 0 spiro atoms. The van der Waals surface area contributed by atoms with Gasteiger partial charge in [0, 0.05) is 12.8 Å². The topological polar surface area (TPSA) is 108 Å². The van der Waals surface area contributed by atoms with E-state index in [4.69, 9.17) is 18.9 Å². The van der Waals surface area contributed by atoms with Crippen molar-refractivity contribution < 1.29 is 42.9 Å². The smallest absolute Gasteiger partial charge is 0.361 e. The highest BCUT2D eigenvalue weighted by Gasteiger charge is 2.25. The van der Waals surface area contributed by atoms with E-state index in [9.17, 15) is 19.5 Å². The van der Waals surface area contributed by atoms with Crippen molar-refractivity contribution in [3.63, 3.8) is 0 Å². The Labute approximate surface area is 572 Å². The molecule has 0 aliphatic heterocycles. The monoisotopic (exact) mass is 1290 g/mol. The van der Waals surface area contributed by atoms with Crippen molar-refractivity contribution in [3.05, 3.63) is 158 Å². The van der Waals surface area contributed by atoms with Crippen LogP contribution in [0.5, 0.6) is 0 Å². The second-order valence-electron chi connectivity index (χ2n) is 25.8. The summed E-state index contributed by atoms with van der Waals surface area (Å²) in [5.41, 5.74) is 0. The van der Waals surface area contributed by atoms with Crippen LogP contribution in [0.25, 0.3) is 0 Å². The second-order valence-corrected chi connectivity index (χ2v) is 25.8. The Hall–Kier alpha value is -5.09. The molecule has 0 saturated heterocycles. The Morgan fingerprint density at radius 1 is 0.323 bits per heavy atom. The molecule has 0 aliphatic carbocycles. The average molecular weight is 1290 g/mol. The molecule has 528 valence electrons. The van der Waals surface area contributed by atoms with Gasteiger partial charge in [0.1, 0.15) is 13.2 Å². The fourth-order valence-electron chi connectivity index (χ4n) is 10.1. The lowest BCUT2D eigenvalue weighted by Gasteiger charge is -2.25. The summed E-state index contributed by atoms with van der Waals surface area (Å²) in [6.45, 7) is 4.65. The maximum Gasteiger partial charge on any atom is 0.361 e. The number of quaternary nitrogens is 1. The van der Waals surface area contributed by atoms with Crippen LogP contribution >= 0.6 is 0 Å². The molecule has 2 atom stereocenters. The zero-order chi connectivity index (χ0) is 67.5. The first kappa shape index (κ1) is 87.9. The summed E-state index contributed by atoms with van der Waals surface area (Å²) in [5.74, 6) is -2.02. The maximum absolute atomic E-state index is 13.0. The average Bonchev–Trinajstić information content (AvgIpc) is 3.74. The van der Waals surface area contributed by atoms with Crippen LogP contribution in [-0.4, -0.2) is 87.4 Å². The summed E-state index contributed by atoms with van der Waals surface area (Å²) in [4.78, 5) is 37.7. The lowest BCUT2D eigenvalue weighted by Crippen LogP contribution is -2.40. The van der Waals surface area contributed by atoms with E-state index in [2.05, 4.69) is 172 Å². The molecule has 0 heterocycles. The van der Waals surface area contributed by atoms with Gasteiger partial charge in [-0.1, -0.05) is 320 Å². The number of unbranched alkanes of at least 4 members (excludes halogenated alkanes) is 27. The van der Waals surface area contributed by atoms with Crippen LogP contribution in [0, 0.1) is 0 Å². The quantitative estimate of drug-likeness (QED) is 0.0211. The van der Waals surface area contributed by atoms with E-state index in [-0.39, 0.29) is 32.2 Å². The van der Waals surface area contributed by atoms with Crippen molar-refractivity contribution in [3.8, 4) is 0 Å². The van der Waals surface area contributed by atoms with Crippen molar-refractivity contribution in [2.75, 3.05) is 47.5 Å². The van der Waals surface area contributed by atoms with Gasteiger partial charge in [0.2, 0.25) is 0 Å². The van der Waals surface area contributed by atoms with E-state index >= 15 is 0 Å². The highest BCUT2D eigenvalue weighted by molar-refractivity contribution is 5.71. The van der Waals surface area contributed by atoms with Gasteiger partial charge >= 0.3 is 17.9 Å². The van der Waals surface area contributed by atoms with E-state index in [0.29, 0.717) is 23.9 Å². The molecule has 0 aromatic rings. The predicted molar refractivity (Wildman–Crippen MR) is 400 cm³/mol. The molecule has 0 aromatic heterocycles. The highest BCUT2D eigenvalue weighted by Crippen LogP contribution is 2.17. The third-order valence-corrected chi connectivity index (χ3v) is 15.8. The molecule has 0 radical (unpaired) electrons. The van der Waals surface area contributed by atoms with Crippen molar-refractivity contribution in [1.82, 2.24) is 0 Å². The fourth-order valence-corrected chi connectivity index (χ4v) is 10.1. The lowest BCUT2D eigenvalue weighted by molar-refractivity contribution is -0.870. The third kappa shape index (κ3) is 74.2. The summed E-state index contributed by atoms with van der Waals surface area (Å²) in [7, 11) is 5.97. The molecule has 0 fully saturated rings. The number of carbonyl (C=O) groups is 3. The Morgan fingerprint density at radius 2 is 0.581 bits per heavy atom. The molecular formula is C84H140NO8+. The fraction of sp³-hybridized carbons (Fsp3) is 0.655. The molecule has 0 saturated carbocycles. The maximum atomic E-state index is 13.0. The van der Waals surface area contributed by atoms with E-state index in [1.165, 1.54) is 135 Å². The molecule has 0 bridgehead atoms. The standard InChI is InChI=1S/C84H139NO8/c1-6-8-10-12-14-16-18-20-22-24-26-28-30-32-34-36-38-40-41-43-44-46-48-50-52-54-56-58-60-62-64-66-68-70-72-74-81(86)91-78-80(79-92-84(83(88)89)90-77-76-85(3,4)5)93-82(87)75-73-71-69-67-65-63-61-59-57-55-53-51-49-47-45-42-39-37-35-33-31-29-27-25-23-21-19-17-15-13-11-9-7-2/h8-11,14-17,20-23,26-29,32-35,39,42,47,49,53,55,80,84H,6-7,12-13,18-19,24-25,30-31,36-38,40-41,43-46,48,50-52,54,56-79H2,1-5H3/p+1/b10-8-,11-9-,16-14-,17-15-,22-20-,23-21-,28-26-,29-27-,34-32-,35-33-,42-39-,49-47-,55-53-. The number of carbonyl (C=O) groups excluding carboxylic acids is 2. The lowest BCUT2D eigenvalue weighted by atomic mass is 10.0. The number of ether oxygens (including phenoxy) is 4. The van der Waals surface area contributed by atoms with Gasteiger partial charge in [0.05, 0.1) is 34.4 Å². The van der Waals surface area contributed by atoms with Crippen LogP contribution in [0.15, 0.2) is 158 Å². The van der Waals surface area contributed by atoms with Gasteiger partial charge in [-0.3, -0.25) is 9.59 Å². The first-order valence-corrected chi connectivity index (χ1v) is 37.6. The highest BCUT2D eigenvalue weighted by atomic mass is 16.7. The van der Waals surface area contributed by atoms with Crippen molar-refractivity contribution >= 4 is 17.9 Å². The van der Waals surface area contributed by atoms with E-state index in [1.807, 2.05) is 21.1 Å². The van der Waals surface area contributed by atoms with Crippen LogP contribution in [0.2, 0.25) is 0 Å². The molecule has 0 aliphatic rings. The van der Waals surface area contributed by atoms with E-state index < -0.39 is 24.3 Å². The normalized spacial score (nSPS) is 13.6. The van der Waals surface area contributed by atoms with Crippen molar-refractivity contribution in [2.24, 2.45) is 0 Å². The van der Waals surface area contributed by atoms with Gasteiger partial charge in [-0.05, 0) is 122 Å². The summed E-state index contributed by atoms with van der Waals surface area (Å²) in [6.07, 6.45) is 105. The molecule has 93 heavy (non-hydrogen) atoms. The number of nitrogens with zero attached hydrogens (tertiary/aromatic N) is 1. The van der Waals surface area contributed by atoms with Crippen LogP contribution in [0.3, 0.4) is 0 Å². The number of rotatable bonds is 68. The van der Waals surface area contributed by atoms with Gasteiger partial charge in [-0.15, -0.1) is 0 Å². The SMILES string of the molecule is CC/C=C\C/C=C\C/C=C\C/C=C\C/C=C\C/C=C\C/C=C\C/C=C\CCCCCCCCCCC(=O)OC(COC(=O)CCCCCCCCCCCCCCCCCCCCC/C=C\C/C=C\C/C=C\C/C=C\C/C=C\CC)COC(OCC[N+](C)(C)C)C(=O)O. The van der Waals surface area contributed by atoms with Gasteiger partial charge in [0.15, 0.2) is 6.10 Å². The zero-order valence-electron chi connectivity index (χ0n) is 60.4. The van der Waals surface area contributed by atoms with Crippen LogP contribution in [-0.2, 0) is 33.3 Å². The van der Waals surface area contributed by atoms with Crippen molar-refractivity contribution in [2.45, 2.75) is 309 Å². The van der Waals surface area contributed by atoms with Gasteiger partial charge in [-0.25, -0.2) is 4.79 Å². The Bertz CT molecular complexity index is 2090. The van der Waals surface area contributed by atoms with Crippen LogP contribution in [0.1, 0.15) is 296 Å². The summed E-state index contributed by atoms with van der Waals surface area (Å²) < 4.78 is 23.0. The molecule has 0 amide bonds. The number of carboxylic acid groups (broad SMARTS) is 1. The van der Waals surface area contributed by atoms with Crippen LogP contribution in [0.4, 0.5) is 0 Å². The first-order valence-electron chi connectivity index (χ1n) is 37.6. The molecular weight excluding hydrogens is 1150 g/mol. The molecule has 2 unspecified atom stereocenters. The number of esters is 2. The zero-order valence-corrected chi connectivity index (χ0v) is 60.4. The summed E-state index contributed by atoms with van der Waals surface area (Å²) in [6, 6.07) is 0. The van der Waals surface area contributed by atoms with Gasteiger partial charge in [-0.2, -0.15) is 0 Å². The molecule has 9 nitrogen and oxygen atoms in total. The molecule has 0 rings (SSSR count). The summed E-state index contributed by atoms with van der Waals surface area (Å²) >= 11 is 0. The predicted octanol–water partition coefficient (Wildman–Crippen LogP) is 24.0. The van der Waals surface area contributed by atoms with E-state index in [0.717, 1.165) is 128 Å². The Morgan fingerprint density at radius 3 is 0.860 bits per heavy atom. The second kappa shape index (κ2) is 72.7. The van der Waals surface area contributed by atoms with Crippen molar-refractivity contribution in [1.29, 1.82) is 0 Å². The Balaban J connectivity index is 4.12. The minimum absolute atomic E-state index is 0.180. The number of hydrogen-bond acceptors (Lipinski definition) is 7. The number of likely N-dealkylation sites (N-methyl/N-ethyl adjacent to an activating group) is 1. The van der Waals surface area contributed by atoms with Crippen LogP contribution < -0.4 is 0 Å².